The van der Waals surface area contributed by atoms with Crippen LogP contribution in [0.4, 0.5) is 0 Å². The van der Waals surface area contributed by atoms with Crippen LogP contribution < -0.4 is 0 Å². The first-order chi connectivity index (χ1) is 11.4. The Morgan fingerprint density at radius 1 is 1.33 bits per heavy atom. The maximum atomic E-state index is 13.1. The second-order valence-electron chi connectivity index (χ2n) is 6.32. The van der Waals surface area contributed by atoms with Crippen molar-refractivity contribution >= 4 is 5.91 Å². The summed E-state index contributed by atoms with van der Waals surface area (Å²) in [5, 5.41) is 14.6. The van der Waals surface area contributed by atoms with Crippen molar-refractivity contribution in [2.75, 3.05) is 19.8 Å². The first kappa shape index (κ1) is 16.5. The number of carbonyl (C=O) groups is 1. The van der Waals surface area contributed by atoms with E-state index in [-0.39, 0.29) is 17.7 Å². The Hall–Kier alpha value is -2.34. The number of ether oxygens (including phenoxy) is 1. The molecule has 1 saturated heterocycles. The van der Waals surface area contributed by atoms with Crippen LogP contribution in [0.25, 0.3) is 0 Å². The zero-order valence-corrected chi connectivity index (χ0v) is 14.5. The number of rotatable bonds is 2. The van der Waals surface area contributed by atoms with Gasteiger partial charge in [-0.25, -0.2) is 0 Å². The van der Waals surface area contributed by atoms with E-state index in [2.05, 4.69) is 5.10 Å². The second kappa shape index (κ2) is 6.28. The largest absolute Gasteiger partial charge is 0.507 e. The summed E-state index contributed by atoms with van der Waals surface area (Å²) in [6.45, 7) is 7.27. The third-order valence-electron chi connectivity index (χ3n) is 4.67. The van der Waals surface area contributed by atoms with Crippen LogP contribution in [0, 0.1) is 20.8 Å². The van der Waals surface area contributed by atoms with Gasteiger partial charge >= 0.3 is 0 Å². The smallest absolute Gasteiger partial charge is 0.258 e. The van der Waals surface area contributed by atoms with Gasteiger partial charge in [0.05, 0.1) is 30.5 Å². The first-order valence-corrected chi connectivity index (χ1v) is 8.08. The Kier molecular flexibility index (Phi) is 4.32. The third kappa shape index (κ3) is 2.78. The molecule has 1 N–H and O–H groups in total. The van der Waals surface area contributed by atoms with Crippen LogP contribution in [-0.4, -0.2) is 45.5 Å². The Morgan fingerprint density at radius 3 is 2.75 bits per heavy atom. The number of hydrogen-bond acceptors (Lipinski definition) is 4. The fourth-order valence-electron chi connectivity index (χ4n) is 3.33. The average molecular weight is 329 g/mol. The highest BCUT2D eigenvalue weighted by molar-refractivity contribution is 5.97. The van der Waals surface area contributed by atoms with Gasteiger partial charge in [-0.05, 0) is 32.9 Å². The number of amides is 1. The van der Waals surface area contributed by atoms with E-state index in [9.17, 15) is 9.90 Å². The summed E-state index contributed by atoms with van der Waals surface area (Å²) >= 11 is 0. The molecule has 1 aromatic heterocycles. The molecule has 0 radical (unpaired) electrons. The highest BCUT2D eigenvalue weighted by atomic mass is 16.5. The quantitative estimate of drug-likeness (QED) is 0.918. The van der Waals surface area contributed by atoms with E-state index in [1.54, 1.807) is 23.1 Å². The summed E-state index contributed by atoms with van der Waals surface area (Å²) in [5.41, 5.74) is 4.22. The van der Waals surface area contributed by atoms with E-state index < -0.39 is 0 Å². The predicted molar refractivity (Wildman–Crippen MR) is 90.1 cm³/mol. The molecule has 1 amide bonds. The van der Waals surface area contributed by atoms with Crippen molar-refractivity contribution in [2.45, 2.75) is 26.8 Å². The minimum Gasteiger partial charge on any atom is -0.507 e. The molecular formula is C18H23N3O3. The number of benzene rings is 1. The molecule has 0 saturated carbocycles. The fourth-order valence-corrected chi connectivity index (χ4v) is 3.33. The molecule has 2 heterocycles. The third-order valence-corrected chi connectivity index (χ3v) is 4.67. The van der Waals surface area contributed by atoms with Crippen molar-refractivity contribution in [3.8, 4) is 5.75 Å². The summed E-state index contributed by atoms with van der Waals surface area (Å²) in [5.74, 6) is -0.164. The number of nitrogens with zero attached hydrogens (tertiary/aromatic N) is 3. The molecule has 1 atom stereocenters. The van der Waals surface area contributed by atoms with E-state index in [0.29, 0.717) is 25.3 Å². The molecule has 0 aliphatic carbocycles. The van der Waals surface area contributed by atoms with Gasteiger partial charge < -0.3 is 14.7 Å². The molecule has 128 valence electrons. The van der Waals surface area contributed by atoms with Crippen molar-refractivity contribution < 1.29 is 14.6 Å². The monoisotopic (exact) mass is 329 g/mol. The number of aryl methyl sites for hydroxylation is 3. The maximum absolute atomic E-state index is 13.1. The van der Waals surface area contributed by atoms with Crippen LogP contribution in [0.5, 0.6) is 5.75 Å². The lowest BCUT2D eigenvalue weighted by molar-refractivity contribution is -0.00319. The van der Waals surface area contributed by atoms with Gasteiger partial charge in [0.2, 0.25) is 0 Å². The van der Waals surface area contributed by atoms with Gasteiger partial charge in [-0.2, -0.15) is 5.10 Å². The zero-order chi connectivity index (χ0) is 17.4. The lowest BCUT2D eigenvalue weighted by Crippen LogP contribution is -2.43. The average Bonchev–Trinajstić information content (AvgIpc) is 2.81. The fraction of sp³-hybridized carbons (Fsp3) is 0.444. The van der Waals surface area contributed by atoms with Gasteiger partial charge in [0.1, 0.15) is 5.75 Å². The van der Waals surface area contributed by atoms with E-state index in [1.165, 1.54) is 0 Å². The molecule has 1 fully saturated rings. The lowest BCUT2D eigenvalue weighted by Gasteiger charge is -2.36. The predicted octanol–water partition coefficient (Wildman–Crippen LogP) is 2.26. The van der Waals surface area contributed by atoms with Gasteiger partial charge in [0, 0.05) is 24.8 Å². The van der Waals surface area contributed by atoms with Gasteiger partial charge in [-0.1, -0.05) is 11.6 Å². The Morgan fingerprint density at radius 2 is 2.08 bits per heavy atom. The van der Waals surface area contributed by atoms with Gasteiger partial charge in [0.25, 0.3) is 5.91 Å². The molecule has 6 heteroatoms. The van der Waals surface area contributed by atoms with Crippen LogP contribution in [0.2, 0.25) is 0 Å². The molecule has 3 rings (SSSR count). The van der Waals surface area contributed by atoms with Gasteiger partial charge in [-0.3, -0.25) is 9.48 Å². The SMILES string of the molecule is Cc1ccc(O)c(C(=O)N2CCOC[C@@H]2c2c(C)nn(C)c2C)c1. The first-order valence-electron chi connectivity index (χ1n) is 8.08. The molecule has 0 unspecified atom stereocenters. The minimum absolute atomic E-state index is 0.00970. The van der Waals surface area contributed by atoms with Crippen molar-refractivity contribution in [3.05, 3.63) is 46.3 Å². The van der Waals surface area contributed by atoms with Crippen molar-refractivity contribution in [1.29, 1.82) is 0 Å². The molecule has 2 aromatic rings. The van der Waals surface area contributed by atoms with Crippen molar-refractivity contribution in [1.82, 2.24) is 14.7 Å². The normalized spacial score (nSPS) is 18.0. The van der Waals surface area contributed by atoms with E-state index in [4.69, 9.17) is 4.74 Å². The standard InChI is InChI=1S/C18H23N3O3/c1-11-5-6-16(22)14(9-11)18(23)21-7-8-24-10-15(21)17-12(2)19-20(4)13(17)3/h5-6,9,15,22H,7-8,10H2,1-4H3/t15-/m1/s1. The topological polar surface area (TPSA) is 67.6 Å². The summed E-state index contributed by atoms with van der Waals surface area (Å²) in [6.07, 6.45) is 0. The molecule has 0 spiro atoms. The summed E-state index contributed by atoms with van der Waals surface area (Å²) in [7, 11) is 1.90. The number of phenolic OH excluding ortho intramolecular Hbond substituents is 1. The molecule has 1 aliphatic rings. The Labute approximate surface area is 141 Å². The van der Waals surface area contributed by atoms with Crippen LogP contribution in [0.3, 0.4) is 0 Å². The van der Waals surface area contributed by atoms with Crippen LogP contribution in [0.1, 0.15) is 38.9 Å². The van der Waals surface area contributed by atoms with E-state index in [1.807, 2.05) is 32.5 Å². The summed E-state index contributed by atoms with van der Waals surface area (Å²) < 4.78 is 7.46. The number of carbonyl (C=O) groups excluding carboxylic acids is 1. The molecule has 1 aromatic carbocycles. The molecular weight excluding hydrogens is 306 g/mol. The van der Waals surface area contributed by atoms with Crippen LogP contribution >= 0.6 is 0 Å². The van der Waals surface area contributed by atoms with Crippen molar-refractivity contribution in [3.63, 3.8) is 0 Å². The molecule has 24 heavy (non-hydrogen) atoms. The highest BCUT2D eigenvalue weighted by Crippen LogP contribution is 2.32. The molecule has 0 bridgehead atoms. The highest BCUT2D eigenvalue weighted by Gasteiger charge is 2.33. The Bertz CT molecular complexity index is 782. The van der Waals surface area contributed by atoms with E-state index in [0.717, 1.165) is 22.5 Å². The molecule has 1 aliphatic heterocycles. The van der Waals surface area contributed by atoms with Gasteiger partial charge in [0.15, 0.2) is 0 Å². The number of aromatic nitrogens is 2. The second-order valence-corrected chi connectivity index (χ2v) is 6.32. The molecule has 6 nitrogen and oxygen atoms in total. The summed E-state index contributed by atoms with van der Waals surface area (Å²) in [6, 6.07) is 4.89. The number of hydrogen-bond donors (Lipinski definition) is 1. The van der Waals surface area contributed by atoms with Crippen molar-refractivity contribution in [2.24, 2.45) is 7.05 Å². The van der Waals surface area contributed by atoms with E-state index >= 15 is 0 Å². The number of phenols is 1. The summed E-state index contributed by atoms with van der Waals surface area (Å²) in [4.78, 5) is 14.9. The van der Waals surface area contributed by atoms with Crippen LogP contribution in [0.15, 0.2) is 18.2 Å². The Balaban J connectivity index is 2.01. The number of morpholine rings is 1. The van der Waals surface area contributed by atoms with Gasteiger partial charge in [-0.15, -0.1) is 0 Å². The number of aromatic hydroxyl groups is 1. The lowest BCUT2D eigenvalue weighted by atomic mass is 10.0. The zero-order valence-electron chi connectivity index (χ0n) is 14.5. The minimum atomic E-state index is -0.195. The van der Waals surface area contributed by atoms with Crippen LogP contribution in [-0.2, 0) is 11.8 Å². The maximum Gasteiger partial charge on any atom is 0.258 e.